The number of carbonyl (C=O) groups excluding carboxylic acids is 2. The number of para-hydroxylation sites is 1. The molecule has 0 unspecified atom stereocenters. The van der Waals surface area contributed by atoms with Gasteiger partial charge in [0.05, 0.1) is 4.91 Å². The Morgan fingerprint density at radius 1 is 0.757 bits per heavy atom. The third-order valence-corrected chi connectivity index (χ3v) is 7.80. The van der Waals surface area contributed by atoms with Gasteiger partial charge >= 0.3 is 0 Å². The van der Waals surface area contributed by atoms with Crippen LogP contribution in [0.25, 0.3) is 27.8 Å². The van der Waals surface area contributed by atoms with Gasteiger partial charge in [-0.3, -0.25) is 14.5 Å². The molecule has 2 heterocycles. The predicted molar refractivity (Wildman–Crippen MR) is 152 cm³/mol. The van der Waals surface area contributed by atoms with E-state index in [1.165, 1.54) is 26.8 Å². The van der Waals surface area contributed by atoms with Crippen LogP contribution in [0, 0.1) is 0 Å². The summed E-state index contributed by atoms with van der Waals surface area (Å²) in [5, 5.41) is 3.33. The van der Waals surface area contributed by atoms with E-state index in [0.717, 1.165) is 47.6 Å². The Morgan fingerprint density at radius 2 is 1.49 bits per heavy atom. The Labute approximate surface area is 220 Å². The van der Waals surface area contributed by atoms with Crippen molar-refractivity contribution in [2.75, 3.05) is 6.54 Å². The van der Waals surface area contributed by atoms with E-state index in [2.05, 4.69) is 77.5 Å². The first-order valence-corrected chi connectivity index (χ1v) is 13.3. The Morgan fingerprint density at radius 3 is 2.35 bits per heavy atom. The zero-order valence-corrected chi connectivity index (χ0v) is 21.2. The zero-order chi connectivity index (χ0) is 25.2. The number of imide groups is 1. The molecule has 4 nitrogen and oxygen atoms in total. The summed E-state index contributed by atoms with van der Waals surface area (Å²) in [6, 6.07) is 33.2. The Kier molecular flexibility index (Phi) is 6.37. The topological polar surface area (TPSA) is 42.3 Å². The highest BCUT2D eigenvalue weighted by atomic mass is 32.2. The quantitative estimate of drug-likeness (QED) is 0.216. The standard InChI is InChI=1S/C32H26N2O2S/c35-31-30(37-32(36)34(31)19-9-12-23-10-2-1-3-11-23)20-26-22-33(29-18-7-6-17-28(26)29)21-25-15-8-14-24-13-4-5-16-27(24)25/h1-8,10-11,13-18,20,22H,9,12,19,21H2/b30-20+. The number of benzene rings is 4. The van der Waals surface area contributed by atoms with Crippen LogP contribution < -0.4 is 0 Å². The van der Waals surface area contributed by atoms with Crippen molar-refractivity contribution in [2.45, 2.75) is 19.4 Å². The summed E-state index contributed by atoms with van der Waals surface area (Å²) in [6.45, 7) is 1.15. The van der Waals surface area contributed by atoms with Gasteiger partial charge in [-0.15, -0.1) is 0 Å². The number of aromatic nitrogens is 1. The molecule has 1 fully saturated rings. The number of hydrogen-bond acceptors (Lipinski definition) is 3. The number of aryl methyl sites for hydroxylation is 1. The first-order valence-electron chi connectivity index (χ1n) is 12.5. The maximum atomic E-state index is 13.2. The molecular formula is C32H26N2O2S. The molecule has 2 amide bonds. The van der Waals surface area contributed by atoms with Crippen molar-refractivity contribution in [3.63, 3.8) is 0 Å². The highest BCUT2D eigenvalue weighted by Gasteiger charge is 2.34. The first-order chi connectivity index (χ1) is 18.2. The Bertz CT molecular complexity index is 1650. The van der Waals surface area contributed by atoms with E-state index in [4.69, 9.17) is 0 Å². The number of carbonyl (C=O) groups is 2. The fraction of sp³-hybridized carbons (Fsp3) is 0.125. The first kappa shape index (κ1) is 23.3. The van der Waals surface area contributed by atoms with Crippen LogP contribution in [-0.4, -0.2) is 27.2 Å². The van der Waals surface area contributed by atoms with Crippen LogP contribution in [0.3, 0.4) is 0 Å². The highest BCUT2D eigenvalue weighted by molar-refractivity contribution is 8.18. The van der Waals surface area contributed by atoms with Crippen molar-refractivity contribution in [1.82, 2.24) is 9.47 Å². The maximum absolute atomic E-state index is 13.2. The summed E-state index contributed by atoms with van der Waals surface area (Å²) in [5.41, 5.74) is 4.50. The van der Waals surface area contributed by atoms with E-state index in [9.17, 15) is 9.59 Å². The van der Waals surface area contributed by atoms with Gasteiger partial charge in [-0.2, -0.15) is 0 Å². The van der Waals surface area contributed by atoms with Gasteiger partial charge in [0.25, 0.3) is 11.1 Å². The van der Waals surface area contributed by atoms with E-state index < -0.39 is 0 Å². The molecular weight excluding hydrogens is 476 g/mol. The van der Waals surface area contributed by atoms with Gasteiger partial charge in [0.1, 0.15) is 0 Å². The number of rotatable bonds is 7. The van der Waals surface area contributed by atoms with Crippen molar-refractivity contribution in [3.8, 4) is 0 Å². The van der Waals surface area contributed by atoms with Gasteiger partial charge in [0.2, 0.25) is 0 Å². The van der Waals surface area contributed by atoms with E-state index in [1.54, 1.807) is 0 Å². The largest absolute Gasteiger partial charge is 0.342 e. The molecule has 6 rings (SSSR count). The van der Waals surface area contributed by atoms with E-state index in [-0.39, 0.29) is 11.1 Å². The second-order valence-corrected chi connectivity index (χ2v) is 10.3. The van der Waals surface area contributed by atoms with Crippen LogP contribution >= 0.6 is 11.8 Å². The average Bonchev–Trinajstić information content (AvgIpc) is 3.41. The second-order valence-electron chi connectivity index (χ2n) is 9.29. The number of nitrogens with zero attached hydrogens (tertiary/aromatic N) is 2. The Balaban J connectivity index is 1.26. The molecule has 5 aromatic rings. The average molecular weight is 503 g/mol. The molecule has 0 N–H and O–H groups in total. The third-order valence-electron chi connectivity index (χ3n) is 6.89. The lowest BCUT2D eigenvalue weighted by atomic mass is 10.0. The lowest BCUT2D eigenvalue weighted by Gasteiger charge is -2.12. The summed E-state index contributed by atoms with van der Waals surface area (Å²) < 4.78 is 2.23. The molecule has 0 spiro atoms. The molecule has 0 saturated carbocycles. The molecule has 0 radical (unpaired) electrons. The molecule has 1 saturated heterocycles. The lowest BCUT2D eigenvalue weighted by Crippen LogP contribution is -2.29. The Hall–Kier alpha value is -4.09. The fourth-order valence-electron chi connectivity index (χ4n) is 5.05. The lowest BCUT2D eigenvalue weighted by molar-refractivity contribution is -0.122. The van der Waals surface area contributed by atoms with Crippen molar-refractivity contribution >= 4 is 50.7 Å². The van der Waals surface area contributed by atoms with Gasteiger partial charge in [0, 0.05) is 35.8 Å². The van der Waals surface area contributed by atoms with E-state index in [1.807, 2.05) is 36.4 Å². The minimum Gasteiger partial charge on any atom is -0.342 e. The van der Waals surface area contributed by atoms with Gasteiger partial charge in [-0.1, -0.05) is 91.0 Å². The summed E-state index contributed by atoms with van der Waals surface area (Å²) >= 11 is 1.04. The molecule has 1 aromatic heterocycles. The normalized spacial score (nSPS) is 14.9. The van der Waals surface area contributed by atoms with Crippen LogP contribution in [0.1, 0.15) is 23.1 Å². The van der Waals surface area contributed by atoms with Gasteiger partial charge in [-0.05, 0) is 58.6 Å². The maximum Gasteiger partial charge on any atom is 0.293 e. The SMILES string of the molecule is O=C1S/C(=C/c2cn(Cc3cccc4ccccc34)c3ccccc23)C(=O)N1CCCc1ccccc1. The van der Waals surface area contributed by atoms with Gasteiger partial charge in [0.15, 0.2) is 0 Å². The summed E-state index contributed by atoms with van der Waals surface area (Å²) in [5.74, 6) is -0.200. The molecule has 1 aliphatic heterocycles. The molecule has 4 aromatic carbocycles. The van der Waals surface area contributed by atoms with Crippen LogP contribution in [-0.2, 0) is 17.8 Å². The fourth-order valence-corrected chi connectivity index (χ4v) is 5.91. The molecule has 0 bridgehead atoms. The molecule has 37 heavy (non-hydrogen) atoms. The smallest absolute Gasteiger partial charge is 0.293 e. The van der Waals surface area contributed by atoms with Crippen LogP contribution in [0.2, 0.25) is 0 Å². The summed E-state index contributed by atoms with van der Waals surface area (Å²) in [6.07, 6.45) is 5.56. The number of fused-ring (bicyclic) bond motifs is 2. The van der Waals surface area contributed by atoms with Crippen molar-refractivity contribution < 1.29 is 9.59 Å². The van der Waals surface area contributed by atoms with Crippen molar-refractivity contribution in [1.29, 1.82) is 0 Å². The molecule has 0 atom stereocenters. The summed E-state index contributed by atoms with van der Waals surface area (Å²) in [7, 11) is 0. The highest BCUT2D eigenvalue weighted by Crippen LogP contribution is 2.34. The van der Waals surface area contributed by atoms with Gasteiger partial charge in [-0.25, -0.2) is 0 Å². The van der Waals surface area contributed by atoms with Crippen LogP contribution in [0.15, 0.2) is 108 Å². The molecule has 0 aliphatic carbocycles. The third kappa shape index (κ3) is 4.70. The zero-order valence-electron chi connectivity index (χ0n) is 20.3. The van der Waals surface area contributed by atoms with Crippen LogP contribution in [0.5, 0.6) is 0 Å². The van der Waals surface area contributed by atoms with Crippen LogP contribution in [0.4, 0.5) is 4.79 Å². The minimum atomic E-state index is -0.200. The minimum absolute atomic E-state index is 0.191. The molecule has 5 heteroatoms. The molecule has 1 aliphatic rings. The number of amides is 2. The predicted octanol–water partition coefficient (Wildman–Crippen LogP) is 7.51. The molecule has 182 valence electrons. The van der Waals surface area contributed by atoms with E-state index in [0.29, 0.717) is 11.4 Å². The van der Waals surface area contributed by atoms with Crippen molar-refractivity contribution in [3.05, 3.63) is 125 Å². The van der Waals surface area contributed by atoms with E-state index >= 15 is 0 Å². The van der Waals surface area contributed by atoms with Crippen molar-refractivity contribution in [2.24, 2.45) is 0 Å². The summed E-state index contributed by atoms with van der Waals surface area (Å²) in [4.78, 5) is 27.7. The number of thioether (sulfide) groups is 1. The monoisotopic (exact) mass is 502 g/mol. The number of hydrogen-bond donors (Lipinski definition) is 0. The second kappa shape index (κ2) is 10.1. The van der Waals surface area contributed by atoms with Gasteiger partial charge < -0.3 is 4.57 Å².